The Bertz CT molecular complexity index is 1300. The van der Waals surface area contributed by atoms with Crippen LogP contribution in [0.15, 0.2) is 72.5 Å². The van der Waals surface area contributed by atoms with Gasteiger partial charge in [-0.25, -0.2) is 14.4 Å². The number of amides is 3. The average molecular weight is 576 g/mol. The number of carboxylic acid groups (broad SMARTS) is 1. The Labute approximate surface area is 247 Å². The van der Waals surface area contributed by atoms with E-state index in [2.05, 4.69) is 30.6 Å². The largest absolute Gasteiger partial charge is 0.488 e. The third kappa shape index (κ3) is 7.51. The number of carbonyl (C=O) groups is 3. The molecule has 224 valence electrons. The Balaban J connectivity index is 1.32. The normalized spacial score (nSPS) is 18.5. The molecule has 1 saturated heterocycles. The van der Waals surface area contributed by atoms with Gasteiger partial charge < -0.3 is 29.7 Å². The van der Waals surface area contributed by atoms with Gasteiger partial charge in [-0.2, -0.15) is 0 Å². The van der Waals surface area contributed by atoms with E-state index in [1.54, 1.807) is 12.2 Å². The standard InChI is InChI=1S/C33H41N3O6/c1-5-9-24(6-2)21-41-30-22(3)18-25(19-23(30)4)20-29(31(37)38)42-33(40)35-15-13-27(14-16-35)36-17-12-26-10-7-8-11-28(26)34-32(36)39/h5-7,9-10,18-19,27,29H,1-2,8,11-17,20-21H2,3-4H3,(H,34,39)(H,37,38)/b24-9+/t29-/m1/s1. The van der Waals surface area contributed by atoms with Crippen LogP contribution in [-0.4, -0.2) is 71.4 Å². The number of carbonyl (C=O) groups excluding carboxylic acids is 2. The van der Waals surface area contributed by atoms with Crippen molar-refractivity contribution in [2.45, 2.75) is 64.5 Å². The van der Waals surface area contributed by atoms with E-state index in [0.29, 0.717) is 44.8 Å². The molecular weight excluding hydrogens is 534 g/mol. The summed E-state index contributed by atoms with van der Waals surface area (Å²) in [6.45, 7) is 13.0. The number of urea groups is 1. The molecule has 42 heavy (non-hydrogen) atoms. The van der Waals surface area contributed by atoms with Crippen molar-refractivity contribution < 1.29 is 29.0 Å². The number of hydrogen-bond donors (Lipinski definition) is 2. The molecule has 0 bridgehead atoms. The van der Waals surface area contributed by atoms with Gasteiger partial charge in [0.2, 0.25) is 6.10 Å². The molecule has 9 nitrogen and oxygen atoms in total. The molecule has 0 spiro atoms. The van der Waals surface area contributed by atoms with Gasteiger partial charge in [0.25, 0.3) is 0 Å². The second-order valence-electron chi connectivity index (χ2n) is 11.0. The van der Waals surface area contributed by atoms with Gasteiger partial charge in [0, 0.05) is 37.8 Å². The van der Waals surface area contributed by atoms with Gasteiger partial charge in [0.1, 0.15) is 12.4 Å². The summed E-state index contributed by atoms with van der Waals surface area (Å²) in [6.07, 6.45) is 11.3. The van der Waals surface area contributed by atoms with Crippen LogP contribution in [0.5, 0.6) is 5.75 Å². The van der Waals surface area contributed by atoms with Gasteiger partial charge >= 0.3 is 18.1 Å². The Morgan fingerprint density at radius 3 is 2.50 bits per heavy atom. The molecule has 0 aromatic heterocycles. The molecule has 1 aromatic carbocycles. The number of aryl methyl sites for hydroxylation is 2. The van der Waals surface area contributed by atoms with Crippen molar-refractivity contribution in [2.75, 3.05) is 26.2 Å². The minimum absolute atomic E-state index is 0.0103. The number of aliphatic carboxylic acids is 1. The number of nitrogens with zero attached hydrogens (tertiary/aromatic N) is 2. The second-order valence-corrected chi connectivity index (χ2v) is 11.0. The SMILES string of the molecule is C=C/C=C(\C=C)COc1c(C)cc(C[C@@H](OC(=O)N2CCC(N3CCC4=C(CCC=C4)NC3=O)CC2)C(=O)O)cc1C. The van der Waals surface area contributed by atoms with Crippen LogP contribution >= 0.6 is 0 Å². The topological polar surface area (TPSA) is 108 Å². The lowest BCUT2D eigenvalue weighted by Crippen LogP contribution is -2.51. The van der Waals surface area contributed by atoms with Crippen molar-refractivity contribution in [3.05, 3.63) is 89.2 Å². The highest BCUT2D eigenvalue weighted by molar-refractivity contribution is 5.78. The number of likely N-dealkylation sites (tertiary alicyclic amines) is 1. The molecule has 0 radical (unpaired) electrons. The lowest BCUT2D eigenvalue weighted by Gasteiger charge is -2.37. The number of ether oxygens (including phenoxy) is 2. The second kappa shape index (κ2) is 14.1. The van der Waals surface area contributed by atoms with Crippen molar-refractivity contribution in [3.8, 4) is 5.75 Å². The van der Waals surface area contributed by atoms with Gasteiger partial charge in [0.15, 0.2) is 0 Å². The van der Waals surface area contributed by atoms with Crippen molar-refractivity contribution >= 4 is 18.1 Å². The summed E-state index contributed by atoms with van der Waals surface area (Å²) in [6, 6.07) is 3.64. The van der Waals surface area contributed by atoms with Gasteiger partial charge in [-0.3, -0.25) is 0 Å². The van der Waals surface area contributed by atoms with Crippen LogP contribution < -0.4 is 10.1 Å². The van der Waals surface area contributed by atoms with Crippen LogP contribution in [0.4, 0.5) is 9.59 Å². The summed E-state index contributed by atoms with van der Waals surface area (Å²) in [5.41, 5.74) is 5.54. The maximum atomic E-state index is 13.0. The molecule has 2 N–H and O–H groups in total. The minimum atomic E-state index is -1.33. The van der Waals surface area contributed by atoms with Crippen LogP contribution in [0.3, 0.4) is 0 Å². The third-order valence-electron chi connectivity index (χ3n) is 8.01. The summed E-state index contributed by atoms with van der Waals surface area (Å²) < 4.78 is 11.5. The fourth-order valence-electron chi connectivity index (χ4n) is 5.80. The summed E-state index contributed by atoms with van der Waals surface area (Å²) in [5.74, 6) is -0.487. The summed E-state index contributed by atoms with van der Waals surface area (Å²) in [4.78, 5) is 41.4. The monoisotopic (exact) mass is 575 g/mol. The molecule has 1 fully saturated rings. The molecule has 2 heterocycles. The molecule has 9 heteroatoms. The molecular formula is C33H41N3O6. The first-order valence-electron chi connectivity index (χ1n) is 14.5. The maximum Gasteiger partial charge on any atom is 0.410 e. The van der Waals surface area contributed by atoms with E-state index in [1.807, 2.05) is 37.0 Å². The fraction of sp³-hybridized carbons (Fsp3) is 0.424. The minimum Gasteiger partial charge on any atom is -0.488 e. The highest BCUT2D eigenvalue weighted by Crippen LogP contribution is 2.28. The Morgan fingerprint density at radius 1 is 1.14 bits per heavy atom. The molecule has 0 saturated carbocycles. The van der Waals surface area contributed by atoms with Crippen LogP contribution in [0, 0.1) is 13.8 Å². The van der Waals surface area contributed by atoms with Crippen LogP contribution in [-0.2, 0) is 16.0 Å². The third-order valence-corrected chi connectivity index (χ3v) is 8.01. The smallest absolute Gasteiger partial charge is 0.410 e. The van der Waals surface area contributed by atoms with Crippen LogP contribution in [0.2, 0.25) is 0 Å². The maximum absolute atomic E-state index is 13.0. The Morgan fingerprint density at radius 2 is 1.86 bits per heavy atom. The molecule has 1 atom stereocenters. The average Bonchev–Trinajstić information content (AvgIpc) is 3.13. The van der Waals surface area contributed by atoms with Crippen molar-refractivity contribution in [3.63, 3.8) is 0 Å². The molecule has 4 rings (SSSR count). The first-order valence-corrected chi connectivity index (χ1v) is 14.5. The quantitative estimate of drug-likeness (QED) is 0.352. The number of piperidine rings is 1. The highest BCUT2D eigenvalue weighted by Gasteiger charge is 2.34. The molecule has 1 aliphatic carbocycles. The predicted octanol–water partition coefficient (Wildman–Crippen LogP) is 5.60. The number of carboxylic acids is 1. The zero-order valence-corrected chi connectivity index (χ0v) is 24.6. The summed E-state index contributed by atoms with van der Waals surface area (Å²) in [7, 11) is 0. The van der Waals surface area contributed by atoms with Crippen molar-refractivity contribution in [1.82, 2.24) is 15.1 Å². The van der Waals surface area contributed by atoms with Gasteiger partial charge in [-0.15, -0.1) is 0 Å². The van der Waals surface area contributed by atoms with Crippen LogP contribution in [0.25, 0.3) is 0 Å². The van der Waals surface area contributed by atoms with Gasteiger partial charge in [-0.1, -0.05) is 55.7 Å². The molecule has 1 aromatic rings. The Hall–Kier alpha value is -4.27. The van der Waals surface area contributed by atoms with E-state index in [0.717, 1.165) is 47.2 Å². The van der Waals surface area contributed by atoms with Gasteiger partial charge in [0.05, 0.1) is 0 Å². The van der Waals surface area contributed by atoms with Gasteiger partial charge in [-0.05, 0) is 73.8 Å². The summed E-state index contributed by atoms with van der Waals surface area (Å²) >= 11 is 0. The fourth-order valence-corrected chi connectivity index (χ4v) is 5.80. The van der Waals surface area contributed by atoms with Crippen LogP contribution in [0.1, 0.15) is 48.8 Å². The van der Waals surface area contributed by atoms with E-state index < -0.39 is 18.2 Å². The van der Waals surface area contributed by atoms with Crippen molar-refractivity contribution in [2.24, 2.45) is 0 Å². The number of benzene rings is 1. The first-order chi connectivity index (χ1) is 20.2. The van der Waals surface area contributed by atoms with E-state index >= 15 is 0 Å². The van der Waals surface area contributed by atoms with E-state index in [4.69, 9.17) is 9.47 Å². The number of allylic oxidation sites excluding steroid dienone is 5. The highest BCUT2D eigenvalue weighted by atomic mass is 16.6. The zero-order chi connectivity index (χ0) is 30.2. The number of nitrogens with one attached hydrogen (secondary N) is 1. The van der Waals surface area contributed by atoms with E-state index in [9.17, 15) is 19.5 Å². The summed E-state index contributed by atoms with van der Waals surface area (Å²) in [5, 5.41) is 12.9. The van der Waals surface area contributed by atoms with Crippen molar-refractivity contribution in [1.29, 1.82) is 0 Å². The number of rotatable bonds is 10. The molecule has 2 aliphatic heterocycles. The molecule has 3 amide bonds. The predicted molar refractivity (Wildman–Crippen MR) is 161 cm³/mol. The zero-order valence-electron chi connectivity index (χ0n) is 24.6. The lowest BCUT2D eigenvalue weighted by molar-refractivity contribution is -0.147. The molecule has 0 unspecified atom stereocenters. The first kappa shape index (κ1) is 30.7. The number of hydrogen-bond acceptors (Lipinski definition) is 5. The van der Waals surface area contributed by atoms with E-state index in [-0.39, 0.29) is 18.5 Å². The van der Waals surface area contributed by atoms with E-state index in [1.165, 1.54) is 10.5 Å². The Kier molecular flexibility index (Phi) is 10.3. The molecule has 3 aliphatic rings. The lowest BCUT2D eigenvalue weighted by atomic mass is 10.00.